The molecule has 0 rings (SSSR count). The predicted octanol–water partition coefficient (Wildman–Crippen LogP) is 17.4. The molecule has 0 radical (unpaired) electrons. The number of carbonyl (C=O) groups is 3. The van der Waals surface area contributed by atoms with Gasteiger partial charge in [0.15, 0.2) is 6.10 Å². The van der Waals surface area contributed by atoms with Crippen LogP contribution in [-0.2, 0) is 28.6 Å². The number of esters is 3. The van der Waals surface area contributed by atoms with E-state index in [-0.39, 0.29) is 49.4 Å². The molecular formula is C63H116O9. The van der Waals surface area contributed by atoms with E-state index >= 15 is 0 Å². The Labute approximate surface area is 444 Å². The lowest BCUT2D eigenvalue weighted by atomic mass is 10.1. The summed E-state index contributed by atoms with van der Waals surface area (Å²) in [6.07, 6.45) is 49.1. The Morgan fingerprint density at radius 1 is 0.361 bits per heavy atom. The Morgan fingerprint density at radius 3 is 0.903 bits per heavy atom. The minimum atomic E-state index is -0.782. The van der Waals surface area contributed by atoms with Crippen molar-refractivity contribution in [2.75, 3.05) is 13.2 Å². The molecule has 3 atom stereocenters. The minimum Gasteiger partial charge on any atom is -0.462 e. The zero-order valence-corrected chi connectivity index (χ0v) is 47.3. The van der Waals surface area contributed by atoms with Crippen LogP contribution in [0.1, 0.15) is 271 Å². The smallest absolute Gasteiger partial charge is 0.306 e. The topological polar surface area (TPSA) is 140 Å². The largest absolute Gasteiger partial charge is 0.462 e. The molecule has 9 nitrogen and oxygen atoms in total. The molecule has 422 valence electrons. The van der Waals surface area contributed by atoms with Crippen LogP contribution in [0, 0.1) is 0 Å². The SMILES string of the molecule is C=CCC(O)CCCCCC.C=CCC(O)CCCCCC.C=CCC(O)CCCCCC.C=CCCCCCCCC(=O)OCC(COC(=O)CCCCCCCC=C)OC(=O)CCCCCCCC=C. The first-order valence-electron chi connectivity index (χ1n) is 29.2. The van der Waals surface area contributed by atoms with Crippen molar-refractivity contribution in [1.29, 1.82) is 0 Å². The van der Waals surface area contributed by atoms with Gasteiger partial charge in [-0.3, -0.25) is 14.4 Å². The summed E-state index contributed by atoms with van der Waals surface area (Å²) in [5.74, 6) is -0.980. The molecule has 0 aromatic heterocycles. The number of ether oxygens (including phenoxy) is 3. The fraction of sp³-hybridized carbons (Fsp3) is 0.762. The minimum absolute atomic E-state index is 0.0952. The molecule has 0 aliphatic carbocycles. The molecular weight excluding hydrogens is 901 g/mol. The quantitative estimate of drug-likeness (QED) is 0.0235. The van der Waals surface area contributed by atoms with E-state index in [0.29, 0.717) is 19.3 Å². The van der Waals surface area contributed by atoms with Crippen LogP contribution in [0.15, 0.2) is 75.9 Å². The molecule has 0 saturated carbocycles. The van der Waals surface area contributed by atoms with Gasteiger partial charge in [0.05, 0.1) is 18.3 Å². The van der Waals surface area contributed by atoms with E-state index in [0.717, 1.165) is 173 Å². The molecule has 72 heavy (non-hydrogen) atoms. The van der Waals surface area contributed by atoms with Gasteiger partial charge in [-0.1, -0.05) is 192 Å². The lowest BCUT2D eigenvalue weighted by Crippen LogP contribution is -2.30. The fourth-order valence-corrected chi connectivity index (χ4v) is 7.49. The third kappa shape index (κ3) is 68.8. The molecule has 0 aromatic carbocycles. The van der Waals surface area contributed by atoms with Crippen molar-refractivity contribution in [3.8, 4) is 0 Å². The fourth-order valence-electron chi connectivity index (χ4n) is 7.49. The number of carbonyl (C=O) groups excluding carboxylic acids is 3. The first kappa shape index (κ1) is 75.2. The summed E-state index contributed by atoms with van der Waals surface area (Å²) in [6.45, 7) is 28.3. The maximum absolute atomic E-state index is 12.4. The van der Waals surface area contributed by atoms with Gasteiger partial charge >= 0.3 is 17.9 Å². The van der Waals surface area contributed by atoms with Crippen LogP contribution in [0.2, 0.25) is 0 Å². The first-order chi connectivity index (χ1) is 35.0. The van der Waals surface area contributed by atoms with E-state index in [1.54, 1.807) is 18.2 Å². The van der Waals surface area contributed by atoms with E-state index in [2.05, 4.69) is 60.2 Å². The van der Waals surface area contributed by atoms with Gasteiger partial charge in [0.1, 0.15) is 13.2 Å². The van der Waals surface area contributed by atoms with Crippen LogP contribution in [0.4, 0.5) is 0 Å². The monoisotopic (exact) mass is 1020 g/mol. The Morgan fingerprint density at radius 2 is 0.625 bits per heavy atom. The summed E-state index contributed by atoms with van der Waals surface area (Å²) in [5, 5.41) is 27.8. The van der Waals surface area contributed by atoms with Crippen LogP contribution >= 0.6 is 0 Å². The molecule has 0 aliphatic heterocycles. The highest BCUT2D eigenvalue weighted by atomic mass is 16.6. The van der Waals surface area contributed by atoms with Gasteiger partial charge in [-0.15, -0.1) is 39.5 Å². The number of aliphatic hydroxyl groups is 3. The highest BCUT2D eigenvalue weighted by Crippen LogP contribution is 2.14. The summed E-state index contributed by atoms with van der Waals surface area (Å²) in [7, 11) is 0. The average Bonchev–Trinajstić information content (AvgIpc) is 3.36. The molecule has 3 unspecified atom stereocenters. The normalized spacial score (nSPS) is 11.7. The molecule has 3 N–H and O–H groups in total. The van der Waals surface area contributed by atoms with Crippen LogP contribution in [0.5, 0.6) is 0 Å². The number of rotatable bonds is 50. The van der Waals surface area contributed by atoms with Crippen LogP contribution in [-0.4, -0.2) is 70.9 Å². The van der Waals surface area contributed by atoms with Crippen LogP contribution in [0.3, 0.4) is 0 Å². The summed E-state index contributed by atoms with van der Waals surface area (Å²) in [6, 6.07) is 0. The van der Waals surface area contributed by atoms with Crippen molar-refractivity contribution < 1.29 is 43.9 Å². The zero-order valence-electron chi connectivity index (χ0n) is 47.3. The highest BCUT2D eigenvalue weighted by Gasteiger charge is 2.19. The van der Waals surface area contributed by atoms with E-state index in [1.807, 2.05) is 18.2 Å². The molecule has 0 heterocycles. The van der Waals surface area contributed by atoms with Crippen LogP contribution < -0.4 is 0 Å². The molecule has 0 fully saturated rings. The van der Waals surface area contributed by atoms with Crippen molar-refractivity contribution >= 4 is 17.9 Å². The summed E-state index contributed by atoms with van der Waals surface area (Å²) in [5.41, 5.74) is 0. The Hall–Kier alpha value is -3.27. The second kappa shape index (κ2) is 65.7. The number of hydrogen-bond acceptors (Lipinski definition) is 9. The maximum Gasteiger partial charge on any atom is 0.306 e. The molecule has 0 bridgehead atoms. The molecule has 0 saturated heterocycles. The van der Waals surface area contributed by atoms with E-state index < -0.39 is 6.10 Å². The molecule has 0 amide bonds. The van der Waals surface area contributed by atoms with Crippen molar-refractivity contribution in [1.82, 2.24) is 0 Å². The van der Waals surface area contributed by atoms with E-state index in [1.165, 1.54) is 57.8 Å². The second-order valence-corrected chi connectivity index (χ2v) is 19.3. The van der Waals surface area contributed by atoms with Gasteiger partial charge in [-0.25, -0.2) is 0 Å². The van der Waals surface area contributed by atoms with Crippen LogP contribution in [0.25, 0.3) is 0 Å². The third-order valence-corrected chi connectivity index (χ3v) is 12.0. The Balaban J connectivity index is -0.000000559. The van der Waals surface area contributed by atoms with Crippen molar-refractivity contribution in [3.05, 3.63) is 75.9 Å². The summed E-state index contributed by atoms with van der Waals surface area (Å²) < 4.78 is 16.3. The van der Waals surface area contributed by atoms with Crippen molar-refractivity contribution in [2.45, 2.75) is 296 Å². The maximum atomic E-state index is 12.4. The number of hydrogen-bond donors (Lipinski definition) is 3. The summed E-state index contributed by atoms with van der Waals surface area (Å²) in [4.78, 5) is 36.8. The molecule has 9 heteroatoms. The standard InChI is InChI=1S/C33H56O6.3C10H20O/c1-4-7-10-13-16-19-22-25-31(34)37-28-30(39-33(36)27-24-21-18-15-12-9-6-3)29-38-32(35)26-23-20-17-14-11-8-5-2;3*1-3-5-6-7-9-10(11)8-4-2/h4-6,30H,1-3,7-29H2;3*4,10-11H,2-3,5-9H2,1H3. The zero-order chi connectivity index (χ0) is 54.4. The second-order valence-electron chi connectivity index (χ2n) is 19.3. The highest BCUT2D eigenvalue weighted by molar-refractivity contribution is 5.71. The third-order valence-electron chi connectivity index (χ3n) is 12.0. The van der Waals surface area contributed by atoms with E-state index in [4.69, 9.17) is 14.2 Å². The summed E-state index contributed by atoms with van der Waals surface area (Å²) >= 11 is 0. The van der Waals surface area contributed by atoms with Gasteiger partial charge in [0.25, 0.3) is 0 Å². The van der Waals surface area contributed by atoms with Crippen molar-refractivity contribution in [2.24, 2.45) is 0 Å². The lowest BCUT2D eigenvalue weighted by Gasteiger charge is -2.18. The molecule has 0 spiro atoms. The lowest BCUT2D eigenvalue weighted by molar-refractivity contribution is -0.167. The van der Waals surface area contributed by atoms with Gasteiger partial charge in [0, 0.05) is 19.3 Å². The van der Waals surface area contributed by atoms with E-state index in [9.17, 15) is 29.7 Å². The van der Waals surface area contributed by atoms with Gasteiger partial charge in [-0.05, 0) is 96.3 Å². The predicted molar refractivity (Wildman–Crippen MR) is 308 cm³/mol. The van der Waals surface area contributed by atoms with Gasteiger partial charge < -0.3 is 29.5 Å². The molecule has 0 aromatic rings. The first-order valence-corrected chi connectivity index (χ1v) is 29.2. The molecule has 0 aliphatic rings. The van der Waals surface area contributed by atoms with Gasteiger partial charge in [0.2, 0.25) is 0 Å². The Kier molecular flexibility index (Phi) is 68.7. The average molecular weight is 1020 g/mol. The van der Waals surface area contributed by atoms with Gasteiger partial charge in [-0.2, -0.15) is 0 Å². The number of aliphatic hydroxyl groups excluding tert-OH is 3. The van der Waals surface area contributed by atoms with Crippen molar-refractivity contribution in [3.63, 3.8) is 0 Å². The Bertz CT molecular complexity index is 1120. The number of unbranched alkanes of at least 4 members (excludes halogenated alkanes) is 24. The number of allylic oxidation sites excluding steroid dienone is 3.